The van der Waals surface area contributed by atoms with Gasteiger partial charge in [0.25, 0.3) is 0 Å². The van der Waals surface area contributed by atoms with E-state index in [0.29, 0.717) is 0 Å². The highest BCUT2D eigenvalue weighted by Gasteiger charge is 2.06. The fraction of sp³-hybridized carbons (Fsp3) is 0.538. The zero-order valence-electron chi connectivity index (χ0n) is 9.96. The molecule has 1 nitrogen and oxygen atoms in total. The van der Waals surface area contributed by atoms with Crippen molar-refractivity contribution in [1.82, 2.24) is 0 Å². The molecule has 0 bridgehead atoms. The Hall–Kier alpha value is -0.980. The summed E-state index contributed by atoms with van der Waals surface area (Å²) < 4.78 is 0. The maximum Gasteiger partial charge on any atom is 0.0393 e. The van der Waals surface area contributed by atoms with Gasteiger partial charge in [0, 0.05) is 19.8 Å². The molecule has 0 atom stereocenters. The van der Waals surface area contributed by atoms with E-state index in [1.54, 1.807) is 0 Å². The topological polar surface area (TPSA) is 3.24 Å². The van der Waals surface area contributed by atoms with Gasteiger partial charge in [0.15, 0.2) is 0 Å². The number of nitrogens with zero attached hydrogens (tertiary/aromatic N) is 1. The second kappa shape index (κ2) is 4.50. The van der Waals surface area contributed by atoms with Crippen LogP contribution in [-0.2, 0) is 6.42 Å². The van der Waals surface area contributed by atoms with E-state index >= 15 is 0 Å². The van der Waals surface area contributed by atoms with Crippen LogP contribution in [0.5, 0.6) is 0 Å². The van der Waals surface area contributed by atoms with Crippen LogP contribution in [0.15, 0.2) is 18.2 Å². The molecule has 0 radical (unpaired) electrons. The summed E-state index contributed by atoms with van der Waals surface area (Å²) in [5.41, 5.74) is 4.24. The number of hydrogen-bond donors (Lipinski definition) is 0. The first-order valence-corrected chi connectivity index (χ1v) is 5.28. The summed E-state index contributed by atoms with van der Waals surface area (Å²) in [7, 11) is 4.20. The number of rotatable bonds is 3. The van der Waals surface area contributed by atoms with Crippen LogP contribution in [0, 0.1) is 12.8 Å². The van der Waals surface area contributed by atoms with Crippen molar-refractivity contribution in [2.75, 3.05) is 19.0 Å². The Balaban J connectivity index is 3.01. The van der Waals surface area contributed by atoms with Crippen LogP contribution in [0.25, 0.3) is 0 Å². The Morgan fingerprint density at radius 2 is 1.86 bits per heavy atom. The Morgan fingerprint density at radius 1 is 1.21 bits per heavy atom. The van der Waals surface area contributed by atoms with Crippen LogP contribution in [-0.4, -0.2) is 14.1 Å². The van der Waals surface area contributed by atoms with E-state index in [0.717, 1.165) is 5.92 Å². The van der Waals surface area contributed by atoms with Gasteiger partial charge in [-0.3, -0.25) is 0 Å². The third-order valence-electron chi connectivity index (χ3n) is 2.53. The van der Waals surface area contributed by atoms with Gasteiger partial charge in [0.05, 0.1) is 0 Å². The quantitative estimate of drug-likeness (QED) is 0.709. The van der Waals surface area contributed by atoms with Crippen LogP contribution in [0.2, 0.25) is 0 Å². The molecule has 0 spiro atoms. The Morgan fingerprint density at radius 3 is 2.36 bits per heavy atom. The van der Waals surface area contributed by atoms with Gasteiger partial charge in [-0.05, 0) is 36.5 Å². The minimum absolute atomic E-state index is 0.728. The van der Waals surface area contributed by atoms with Crippen molar-refractivity contribution in [2.24, 2.45) is 5.92 Å². The van der Waals surface area contributed by atoms with Crippen molar-refractivity contribution in [3.05, 3.63) is 29.3 Å². The summed E-state index contributed by atoms with van der Waals surface area (Å²) in [5.74, 6) is 0.728. The molecule has 1 heteroatoms. The fourth-order valence-corrected chi connectivity index (χ4v) is 1.82. The Kier molecular flexibility index (Phi) is 3.56. The molecule has 0 N–H and O–H groups in total. The van der Waals surface area contributed by atoms with Crippen molar-refractivity contribution < 1.29 is 0 Å². The van der Waals surface area contributed by atoms with E-state index in [4.69, 9.17) is 0 Å². The molecule has 14 heavy (non-hydrogen) atoms. The molecule has 0 unspecified atom stereocenters. The molecule has 0 aliphatic rings. The second-order valence-corrected chi connectivity index (χ2v) is 4.55. The lowest BCUT2D eigenvalue weighted by Crippen LogP contribution is -2.11. The van der Waals surface area contributed by atoms with Gasteiger partial charge in [0.2, 0.25) is 0 Å². The third kappa shape index (κ3) is 2.50. The van der Waals surface area contributed by atoms with Crippen molar-refractivity contribution in [1.29, 1.82) is 0 Å². The molecule has 0 saturated heterocycles. The summed E-state index contributed by atoms with van der Waals surface area (Å²) >= 11 is 0. The summed E-state index contributed by atoms with van der Waals surface area (Å²) in [6.45, 7) is 6.75. The highest BCUT2D eigenvalue weighted by molar-refractivity contribution is 5.55. The maximum absolute atomic E-state index is 2.27. The first-order chi connectivity index (χ1) is 6.52. The van der Waals surface area contributed by atoms with Gasteiger partial charge in [-0.1, -0.05) is 26.0 Å². The van der Waals surface area contributed by atoms with Crippen LogP contribution in [0.3, 0.4) is 0 Å². The molecule has 1 aromatic carbocycles. The Labute approximate surface area is 87.7 Å². The number of anilines is 1. The second-order valence-electron chi connectivity index (χ2n) is 4.55. The molecule has 1 rings (SSSR count). The van der Waals surface area contributed by atoms with E-state index in [1.165, 1.54) is 23.2 Å². The molecule has 0 heterocycles. The predicted molar refractivity (Wildman–Crippen MR) is 64.0 cm³/mol. The molecule has 1 aromatic rings. The van der Waals surface area contributed by atoms with Crippen molar-refractivity contribution >= 4 is 5.69 Å². The molecular weight excluding hydrogens is 170 g/mol. The van der Waals surface area contributed by atoms with Gasteiger partial charge in [-0.2, -0.15) is 0 Å². The zero-order valence-corrected chi connectivity index (χ0v) is 9.96. The van der Waals surface area contributed by atoms with Crippen LogP contribution >= 0.6 is 0 Å². The molecule has 0 aromatic heterocycles. The average molecular weight is 191 g/mol. The number of hydrogen-bond acceptors (Lipinski definition) is 1. The summed E-state index contributed by atoms with van der Waals surface area (Å²) in [6.07, 6.45) is 1.17. The maximum atomic E-state index is 2.27. The molecule has 78 valence electrons. The van der Waals surface area contributed by atoms with Crippen LogP contribution in [0.4, 0.5) is 5.69 Å². The summed E-state index contributed by atoms with van der Waals surface area (Å²) in [5, 5.41) is 0. The van der Waals surface area contributed by atoms with Gasteiger partial charge >= 0.3 is 0 Å². The van der Waals surface area contributed by atoms with Crippen molar-refractivity contribution in [3.63, 3.8) is 0 Å². The Bertz CT molecular complexity index is 300. The van der Waals surface area contributed by atoms with Crippen LogP contribution < -0.4 is 4.90 Å². The smallest absolute Gasteiger partial charge is 0.0393 e. The van der Waals surface area contributed by atoms with Crippen molar-refractivity contribution in [2.45, 2.75) is 27.2 Å². The fourth-order valence-electron chi connectivity index (χ4n) is 1.82. The molecular formula is C13H21N. The predicted octanol–water partition coefficient (Wildman–Crippen LogP) is 3.26. The summed E-state index contributed by atoms with van der Waals surface area (Å²) in [6, 6.07) is 6.57. The monoisotopic (exact) mass is 191 g/mol. The standard InChI is InChI=1S/C13H21N/c1-10(2)9-12-7-6-8-13(11(12)3)14(4)5/h6-8,10H,9H2,1-5H3. The van der Waals surface area contributed by atoms with E-state index in [9.17, 15) is 0 Å². The minimum atomic E-state index is 0.728. The highest BCUT2D eigenvalue weighted by atomic mass is 15.1. The van der Waals surface area contributed by atoms with Gasteiger partial charge in [-0.25, -0.2) is 0 Å². The SMILES string of the molecule is Cc1c(CC(C)C)cccc1N(C)C. The lowest BCUT2D eigenvalue weighted by Gasteiger charge is -2.18. The van der Waals surface area contributed by atoms with E-state index in [1.807, 2.05) is 0 Å². The molecule has 0 aliphatic heterocycles. The molecule has 0 saturated carbocycles. The van der Waals surface area contributed by atoms with Gasteiger partial charge in [-0.15, -0.1) is 0 Å². The largest absolute Gasteiger partial charge is 0.377 e. The first kappa shape index (κ1) is 11.1. The van der Waals surface area contributed by atoms with Gasteiger partial charge in [0.1, 0.15) is 0 Å². The van der Waals surface area contributed by atoms with Crippen LogP contribution in [0.1, 0.15) is 25.0 Å². The number of benzene rings is 1. The van der Waals surface area contributed by atoms with E-state index in [-0.39, 0.29) is 0 Å². The van der Waals surface area contributed by atoms with Gasteiger partial charge < -0.3 is 4.90 Å². The average Bonchev–Trinajstić information content (AvgIpc) is 2.07. The molecule has 0 fully saturated rings. The minimum Gasteiger partial charge on any atom is -0.377 e. The van der Waals surface area contributed by atoms with E-state index in [2.05, 4.69) is 58.0 Å². The molecule has 0 amide bonds. The van der Waals surface area contributed by atoms with Crippen molar-refractivity contribution in [3.8, 4) is 0 Å². The normalized spacial score (nSPS) is 10.7. The van der Waals surface area contributed by atoms with E-state index < -0.39 is 0 Å². The first-order valence-electron chi connectivity index (χ1n) is 5.28. The zero-order chi connectivity index (χ0) is 10.7. The third-order valence-corrected chi connectivity index (χ3v) is 2.53. The lowest BCUT2D eigenvalue weighted by molar-refractivity contribution is 0.645. The lowest BCUT2D eigenvalue weighted by atomic mass is 9.97. The molecule has 0 aliphatic carbocycles. The highest BCUT2D eigenvalue weighted by Crippen LogP contribution is 2.23. The summed E-state index contributed by atoms with van der Waals surface area (Å²) in [4.78, 5) is 2.18.